The molecule has 0 aliphatic carbocycles. The summed E-state index contributed by atoms with van der Waals surface area (Å²) >= 11 is 6.12. The second kappa shape index (κ2) is 5.94. The number of halogens is 1. The summed E-state index contributed by atoms with van der Waals surface area (Å²) in [5.41, 5.74) is 0.916. The van der Waals surface area contributed by atoms with Gasteiger partial charge in [-0.1, -0.05) is 23.7 Å². The molecule has 0 bridgehead atoms. The zero-order chi connectivity index (χ0) is 16.5. The van der Waals surface area contributed by atoms with Crippen LogP contribution >= 0.6 is 11.6 Å². The summed E-state index contributed by atoms with van der Waals surface area (Å²) in [7, 11) is -3.36. The van der Waals surface area contributed by atoms with Gasteiger partial charge in [-0.3, -0.25) is 0 Å². The SMILES string of the molecule is Cc1cccc(Cl)c1Oc1ccc(S(=O)(=O)C(C)(C)C)cc1. The van der Waals surface area contributed by atoms with Crippen LogP contribution in [0.2, 0.25) is 5.02 Å². The number of para-hydroxylation sites is 1. The average molecular weight is 339 g/mol. The zero-order valence-corrected chi connectivity index (χ0v) is 14.6. The summed E-state index contributed by atoms with van der Waals surface area (Å²) in [6, 6.07) is 11.9. The fourth-order valence-corrected chi connectivity index (χ4v) is 3.37. The maximum Gasteiger partial charge on any atom is 0.183 e. The van der Waals surface area contributed by atoms with E-state index in [2.05, 4.69) is 0 Å². The van der Waals surface area contributed by atoms with Crippen molar-refractivity contribution in [3.63, 3.8) is 0 Å². The fraction of sp³-hybridized carbons (Fsp3) is 0.294. The van der Waals surface area contributed by atoms with Crippen molar-refractivity contribution in [2.24, 2.45) is 0 Å². The Bertz CT molecular complexity index is 752. The van der Waals surface area contributed by atoms with Gasteiger partial charge in [0.15, 0.2) is 9.84 Å². The molecule has 0 N–H and O–H groups in total. The third-order valence-electron chi connectivity index (χ3n) is 3.32. The first-order chi connectivity index (χ1) is 10.1. The van der Waals surface area contributed by atoms with Crippen molar-refractivity contribution in [2.75, 3.05) is 0 Å². The van der Waals surface area contributed by atoms with Crippen molar-refractivity contribution in [1.29, 1.82) is 0 Å². The summed E-state index contributed by atoms with van der Waals surface area (Å²) in [6.45, 7) is 6.94. The topological polar surface area (TPSA) is 43.4 Å². The third-order valence-corrected chi connectivity index (χ3v) is 6.13. The van der Waals surface area contributed by atoms with Gasteiger partial charge in [0.2, 0.25) is 0 Å². The zero-order valence-electron chi connectivity index (χ0n) is 13.1. The van der Waals surface area contributed by atoms with E-state index in [4.69, 9.17) is 16.3 Å². The third kappa shape index (κ3) is 3.28. The molecule has 0 saturated carbocycles. The molecule has 2 rings (SSSR count). The lowest BCUT2D eigenvalue weighted by Gasteiger charge is -2.19. The molecule has 0 heterocycles. The Morgan fingerprint density at radius 2 is 1.59 bits per heavy atom. The van der Waals surface area contributed by atoms with Gasteiger partial charge in [0.25, 0.3) is 0 Å². The maximum absolute atomic E-state index is 12.4. The Morgan fingerprint density at radius 3 is 2.09 bits per heavy atom. The van der Waals surface area contributed by atoms with E-state index < -0.39 is 14.6 Å². The number of hydrogen-bond acceptors (Lipinski definition) is 3. The lowest BCUT2D eigenvalue weighted by molar-refractivity contribution is 0.478. The van der Waals surface area contributed by atoms with Crippen LogP contribution in [0.5, 0.6) is 11.5 Å². The highest BCUT2D eigenvalue weighted by Gasteiger charge is 2.30. The van der Waals surface area contributed by atoms with Crippen LogP contribution < -0.4 is 4.74 Å². The normalized spacial score (nSPS) is 12.2. The molecule has 118 valence electrons. The van der Waals surface area contributed by atoms with Gasteiger partial charge < -0.3 is 4.74 Å². The van der Waals surface area contributed by atoms with E-state index in [1.807, 2.05) is 19.1 Å². The molecular weight excluding hydrogens is 320 g/mol. The van der Waals surface area contributed by atoms with Gasteiger partial charge in [-0.25, -0.2) is 8.42 Å². The van der Waals surface area contributed by atoms with E-state index in [1.54, 1.807) is 51.1 Å². The Balaban J connectivity index is 2.31. The number of benzene rings is 2. The number of rotatable bonds is 3. The van der Waals surface area contributed by atoms with Gasteiger partial charge in [0.05, 0.1) is 14.7 Å². The molecule has 0 aliphatic heterocycles. The van der Waals surface area contributed by atoms with Crippen molar-refractivity contribution in [3.8, 4) is 11.5 Å². The van der Waals surface area contributed by atoms with E-state index in [0.29, 0.717) is 16.5 Å². The van der Waals surface area contributed by atoms with Crippen LogP contribution in [-0.2, 0) is 9.84 Å². The molecule has 0 amide bonds. The Hall–Kier alpha value is -1.52. The van der Waals surface area contributed by atoms with Crippen LogP contribution in [0.25, 0.3) is 0 Å². The maximum atomic E-state index is 12.4. The molecule has 5 heteroatoms. The molecule has 0 aromatic heterocycles. The van der Waals surface area contributed by atoms with E-state index in [-0.39, 0.29) is 4.90 Å². The Kier molecular flexibility index (Phi) is 4.54. The van der Waals surface area contributed by atoms with Crippen LogP contribution in [0.15, 0.2) is 47.4 Å². The lowest BCUT2D eigenvalue weighted by atomic mass is 10.2. The number of aryl methyl sites for hydroxylation is 1. The molecule has 3 nitrogen and oxygen atoms in total. The molecule has 2 aromatic rings. The molecule has 2 aromatic carbocycles. The molecule has 0 aliphatic rings. The van der Waals surface area contributed by atoms with Gasteiger partial charge in [-0.2, -0.15) is 0 Å². The molecule has 0 atom stereocenters. The van der Waals surface area contributed by atoms with Crippen molar-refractivity contribution in [2.45, 2.75) is 37.3 Å². The summed E-state index contributed by atoms with van der Waals surface area (Å²) in [6.07, 6.45) is 0. The highest BCUT2D eigenvalue weighted by molar-refractivity contribution is 7.92. The molecule has 22 heavy (non-hydrogen) atoms. The predicted molar refractivity (Wildman–Crippen MR) is 89.6 cm³/mol. The molecule has 0 spiro atoms. The molecule has 0 saturated heterocycles. The summed E-state index contributed by atoms with van der Waals surface area (Å²) in [5.74, 6) is 1.12. The van der Waals surface area contributed by atoms with Crippen molar-refractivity contribution >= 4 is 21.4 Å². The first kappa shape index (κ1) is 16.8. The highest BCUT2D eigenvalue weighted by Crippen LogP contribution is 2.33. The van der Waals surface area contributed by atoms with Gasteiger partial charge in [-0.15, -0.1) is 0 Å². The first-order valence-electron chi connectivity index (χ1n) is 6.90. The van der Waals surface area contributed by atoms with E-state index in [0.717, 1.165) is 5.56 Å². The predicted octanol–water partition coefficient (Wildman–Crippen LogP) is 5.01. The standard InChI is InChI=1S/C17H19ClO3S/c1-12-6-5-7-15(18)16(12)21-13-8-10-14(11-9-13)22(19,20)17(2,3)4/h5-11H,1-4H3. The second-order valence-corrected chi connectivity index (χ2v) is 9.19. The summed E-state index contributed by atoms with van der Waals surface area (Å²) < 4.78 is 29.7. The van der Waals surface area contributed by atoms with Crippen molar-refractivity contribution < 1.29 is 13.2 Å². The van der Waals surface area contributed by atoms with Crippen LogP contribution in [-0.4, -0.2) is 13.2 Å². The van der Waals surface area contributed by atoms with Gasteiger partial charge in [-0.05, 0) is 63.6 Å². The van der Waals surface area contributed by atoms with Gasteiger partial charge in [0.1, 0.15) is 11.5 Å². The summed E-state index contributed by atoms with van der Waals surface area (Å²) in [5, 5.41) is 0.520. The molecule has 0 unspecified atom stereocenters. The molecular formula is C17H19ClO3S. The average Bonchev–Trinajstić information content (AvgIpc) is 2.42. The Morgan fingerprint density at radius 1 is 1.00 bits per heavy atom. The van der Waals surface area contributed by atoms with Gasteiger partial charge in [0, 0.05) is 0 Å². The second-order valence-electron chi connectivity index (χ2n) is 6.08. The van der Waals surface area contributed by atoms with Crippen molar-refractivity contribution in [1.82, 2.24) is 0 Å². The molecule has 0 fully saturated rings. The highest BCUT2D eigenvalue weighted by atomic mass is 35.5. The number of hydrogen-bond donors (Lipinski definition) is 0. The van der Waals surface area contributed by atoms with E-state index >= 15 is 0 Å². The Labute approximate surface area is 136 Å². The quantitative estimate of drug-likeness (QED) is 0.789. The van der Waals surface area contributed by atoms with E-state index in [1.165, 1.54) is 0 Å². The van der Waals surface area contributed by atoms with Crippen LogP contribution in [0.3, 0.4) is 0 Å². The minimum absolute atomic E-state index is 0.281. The number of ether oxygens (including phenoxy) is 1. The minimum atomic E-state index is -3.36. The first-order valence-corrected chi connectivity index (χ1v) is 8.77. The van der Waals surface area contributed by atoms with Crippen LogP contribution in [0.4, 0.5) is 0 Å². The monoisotopic (exact) mass is 338 g/mol. The molecule has 0 radical (unpaired) electrons. The van der Waals surface area contributed by atoms with E-state index in [9.17, 15) is 8.42 Å². The fourth-order valence-electron chi connectivity index (χ4n) is 1.90. The largest absolute Gasteiger partial charge is 0.456 e. The lowest BCUT2D eigenvalue weighted by Crippen LogP contribution is -2.27. The smallest absolute Gasteiger partial charge is 0.183 e. The van der Waals surface area contributed by atoms with Gasteiger partial charge >= 0.3 is 0 Å². The number of sulfone groups is 1. The summed E-state index contributed by atoms with van der Waals surface area (Å²) in [4.78, 5) is 0.281. The minimum Gasteiger partial charge on any atom is -0.456 e. The van der Waals surface area contributed by atoms with Crippen LogP contribution in [0.1, 0.15) is 26.3 Å². The van der Waals surface area contributed by atoms with Crippen molar-refractivity contribution in [3.05, 3.63) is 53.1 Å². The van der Waals surface area contributed by atoms with Crippen LogP contribution in [0, 0.1) is 6.92 Å².